The van der Waals surface area contributed by atoms with Crippen molar-refractivity contribution < 1.29 is 18.3 Å². The van der Waals surface area contributed by atoms with E-state index in [0.29, 0.717) is 22.9 Å². The molecule has 2 aromatic rings. The minimum absolute atomic E-state index is 0.0239. The van der Waals surface area contributed by atoms with Crippen molar-refractivity contribution in [2.75, 3.05) is 0 Å². The Morgan fingerprint density at radius 3 is 2.60 bits per heavy atom. The summed E-state index contributed by atoms with van der Waals surface area (Å²) in [6.45, 7) is 1.78. The van der Waals surface area contributed by atoms with Gasteiger partial charge in [0.15, 0.2) is 5.96 Å². The third kappa shape index (κ3) is 4.46. The minimum Gasteiger partial charge on any atom is -0.480 e. The molecule has 0 amide bonds. The summed E-state index contributed by atoms with van der Waals surface area (Å²) in [5.41, 5.74) is 11.3. The van der Waals surface area contributed by atoms with Gasteiger partial charge in [-0.2, -0.15) is 4.72 Å². The molecule has 2 aromatic carbocycles. The van der Waals surface area contributed by atoms with Gasteiger partial charge in [0.25, 0.3) is 0 Å². The van der Waals surface area contributed by atoms with Crippen molar-refractivity contribution in [2.45, 2.75) is 30.7 Å². The molecule has 0 radical (unpaired) electrons. The van der Waals surface area contributed by atoms with Crippen LogP contribution in [-0.2, 0) is 14.8 Å². The van der Waals surface area contributed by atoms with E-state index in [-0.39, 0.29) is 17.3 Å². The second-order valence-corrected chi connectivity index (χ2v) is 7.21. The van der Waals surface area contributed by atoms with E-state index in [9.17, 15) is 13.2 Å². The maximum Gasteiger partial charge on any atom is 0.321 e. The molecule has 0 aliphatic heterocycles. The predicted molar refractivity (Wildman–Crippen MR) is 96.1 cm³/mol. The lowest BCUT2D eigenvalue weighted by molar-refractivity contribution is -0.139. The number of carboxylic acid groups (broad SMARTS) is 1. The number of rotatable bonds is 7. The third-order valence-corrected chi connectivity index (χ3v) is 5.03. The molecule has 0 aliphatic carbocycles. The first kappa shape index (κ1) is 18.7. The number of benzene rings is 2. The molecular formula is C16H20N4O4S. The smallest absolute Gasteiger partial charge is 0.321 e. The molecule has 8 nitrogen and oxygen atoms in total. The molecule has 0 saturated heterocycles. The van der Waals surface area contributed by atoms with E-state index in [1.54, 1.807) is 31.2 Å². The number of nitrogens with two attached hydrogens (primary N) is 2. The van der Waals surface area contributed by atoms with Crippen LogP contribution in [0.25, 0.3) is 10.8 Å². The SMILES string of the molecule is CCC[C@H](NS(=O)(=O)c1ccc2c(N=C(N)N)cccc2c1)C(=O)O. The van der Waals surface area contributed by atoms with E-state index >= 15 is 0 Å². The van der Waals surface area contributed by atoms with Crippen LogP contribution in [0, 0.1) is 0 Å². The van der Waals surface area contributed by atoms with Crippen LogP contribution >= 0.6 is 0 Å². The molecule has 134 valence electrons. The average molecular weight is 364 g/mol. The Bertz CT molecular complexity index is 921. The van der Waals surface area contributed by atoms with Crippen molar-refractivity contribution in [3.8, 4) is 0 Å². The van der Waals surface area contributed by atoms with Gasteiger partial charge in [0.1, 0.15) is 6.04 Å². The summed E-state index contributed by atoms with van der Waals surface area (Å²) in [7, 11) is -3.97. The fourth-order valence-electron chi connectivity index (χ4n) is 2.43. The highest BCUT2D eigenvalue weighted by atomic mass is 32.2. The van der Waals surface area contributed by atoms with Crippen LogP contribution in [0.2, 0.25) is 0 Å². The van der Waals surface area contributed by atoms with Gasteiger partial charge in [0.2, 0.25) is 10.0 Å². The number of nitrogens with zero attached hydrogens (tertiary/aromatic N) is 1. The Morgan fingerprint density at radius 2 is 2.00 bits per heavy atom. The zero-order chi connectivity index (χ0) is 18.6. The Balaban J connectivity index is 2.44. The first-order valence-electron chi connectivity index (χ1n) is 7.62. The number of aliphatic imine (C=N–C) groups is 1. The molecule has 0 aromatic heterocycles. The Labute approximate surface area is 145 Å². The Hall–Kier alpha value is -2.65. The van der Waals surface area contributed by atoms with Crippen LogP contribution in [0.3, 0.4) is 0 Å². The van der Waals surface area contributed by atoms with E-state index in [1.807, 2.05) is 0 Å². The molecule has 1 atom stereocenters. The second kappa shape index (κ2) is 7.49. The fraction of sp³-hybridized carbons (Fsp3) is 0.250. The van der Waals surface area contributed by atoms with Crippen LogP contribution in [0.4, 0.5) is 5.69 Å². The summed E-state index contributed by atoms with van der Waals surface area (Å²) in [5.74, 6) is -1.31. The summed E-state index contributed by atoms with van der Waals surface area (Å²) in [6, 6.07) is 8.39. The topological polar surface area (TPSA) is 148 Å². The highest BCUT2D eigenvalue weighted by Gasteiger charge is 2.24. The Kier molecular flexibility index (Phi) is 5.60. The van der Waals surface area contributed by atoms with Gasteiger partial charge in [0.05, 0.1) is 10.6 Å². The maximum absolute atomic E-state index is 12.5. The molecule has 6 N–H and O–H groups in total. The van der Waals surface area contributed by atoms with Crippen LogP contribution in [0.5, 0.6) is 0 Å². The number of fused-ring (bicyclic) bond motifs is 1. The second-order valence-electron chi connectivity index (χ2n) is 5.50. The van der Waals surface area contributed by atoms with Crippen molar-refractivity contribution in [1.82, 2.24) is 4.72 Å². The third-order valence-electron chi connectivity index (χ3n) is 3.56. The first-order valence-corrected chi connectivity index (χ1v) is 9.10. The zero-order valence-electron chi connectivity index (χ0n) is 13.6. The number of guanidine groups is 1. The summed E-state index contributed by atoms with van der Waals surface area (Å²) in [4.78, 5) is 15.2. The molecule has 9 heteroatoms. The molecule has 0 fully saturated rings. The molecule has 0 saturated carbocycles. The monoisotopic (exact) mass is 364 g/mol. The summed E-state index contributed by atoms with van der Waals surface area (Å²) in [5, 5.41) is 10.4. The molecular weight excluding hydrogens is 344 g/mol. The van der Waals surface area contributed by atoms with Gasteiger partial charge in [-0.05, 0) is 30.0 Å². The summed E-state index contributed by atoms with van der Waals surface area (Å²) >= 11 is 0. The lowest BCUT2D eigenvalue weighted by Crippen LogP contribution is -2.40. The number of nitrogens with one attached hydrogen (secondary N) is 1. The molecule has 0 heterocycles. The maximum atomic E-state index is 12.5. The first-order chi connectivity index (χ1) is 11.7. The summed E-state index contributed by atoms with van der Waals surface area (Å²) < 4.78 is 27.2. The quantitative estimate of drug-likeness (QED) is 0.429. The number of hydrogen-bond donors (Lipinski definition) is 4. The van der Waals surface area contributed by atoms with Gasteiger partial charge in [-0.15, -0.1) is 0 Å². The minimum atomic E-state index is -3.97. The van der Waals surface area contributed by atoms with E-state index < -0.39 is 22.0 Å². The van der Waals surface area contributed by atoms with Gasteiger partial charge in [-0.3, -0.25) is 4.79 Å². The number of carbonyl (C=O) groups is 1. The fourth-order valence-corrected chi connectivity index (χ4v) is 3.68. The largest absolute Gasteiger partial charge is 0.480 e. The predicted octanol–water partition coefficient (Wildman–Crippen LogP) is 1.28. The van der Waals surface area contributed by atoms with E-state index in [1.165, 1.54) is 12.1 Å². The summed E-state index contributed by atoms with van der Waals surface area (Å²) in [6.07, 6.45) is 0.746. The van der Waals surface area contributed by atoms with Crippen molar-refractivity contribution in [3.63, 3.8) is 0 Å². The highest BCUT2D eigenvalue weighted by molar-refractivity contribution is 7.89. The van der Waals surface area contributed by atoms with E-state index in [0.717, 1.165) is 0 Å². The van der Waals surface area contributed by atoms with Crippen molar-refractivity contribution >= 4 is 38.4 Å². The number of hydrogen-bond acceptors (Lipinski definition) is 4. The molecule has 25 heavy (non-hydrogen) atoms. The lowest BCUT2D eigenvalue weighted by atomic mass is 10.1. The number of aliphatic carboxylic acids is 1. The van der Waals surface area contributed by atoms with Crippen molar-refractivity contribution in [2.24, 2.45) is 16.5 Å². The number of sulfonamides is 1. The van der Waals surface area contributed by atoms with Gasteiger partial charge in [0, 0.05) is 5.39 Å². The number of carboxylic acids is 1. The molecule has 0 unspecified atom stereocenters. The van der Waals surface area contributed by atoms with Gasteiger partial charge in [-0.1, -0.05) is 31.5 Å². The lowest BCUT2D eigenvalue weighted by Gasteiger charge is -2.14. The van der Waals surface area contributed by atoms with Gasteiger partial charge < -0.3 is 16.6 Å². The molecule has 2 rings (SSSR count). The van der Waals surface area contributed by atoms with Crippen molar-refractivity contribution in [1.29, 1.82) is 0 Å². The van der Waals surface area contributed by atoms with Crippen LogP contribution in [0.1, 0.15) is 19.8 Å². The average Bonchev–Trinajstić information content (AvgIpc) is 2.53. The molecule has 0 aliphatic rings. The van der Waals surface area contributed by atoms with Crippen LogP contribution < -0.4 is 16.2 Å². The zero-order valence-corrected chi connectivity index (χ0v) is 14.5. The van der Waals surface area contributed by atoms with Crippen LogP contribution in [-0.4, -0.2) is 31.5 Å². The molecule has 0 spiro atoms. The van der Waals surface area contributed by atoms with Crippen molar-refractivity contribution in [3.05, 3.63) is 36.4 Å². The van der Waals surface area contributed by atoms with Gasteiger partial charge >= 0.3 is 5.97 Å². The van der Waals surface area contributed by atoms with E-state index in [4.69, 9.17) is 16.6 Å². The Morgan fingerprint density at radius 1 is 1.28 bits per heavy atom. The highest BCUT2D eigenvalue weighted by Crippen LogP contribution is 2.28. The standard InChI is InChI=1S/C16H20N4O4S/c1-2-4-14(15(21)22)20-25(23,24)11-7-8-12-10(9-11)5-3-6-13(12)19-16(17)18/h3,5-9,14,20H,2,4H2,1H3,(H,21,22)(H4,17,18,19)/t14-/m0/s1. The van der Waals surface area contributed by atoms with E-state index in [2.05, 4.69) is 9.71 Å². The van der Waals surface area contributed by atoms with Crippen LogP contribution in [0.15, 0.2) is 46.3 Å². The normalized spacial score (nSPS) is 12.7. The van der Waals surface area contributed by atoms with Gasteiger partial charge in [-0.25, -0.2) is 13.4 Å². The molecule has 0 bridgehead atoms.